The van der Waals surface area contributed by atoms with E-state index in [1.165, 1.54) is 0 Å². The van der Waals surface area contributed by atoms with Crippen molar-refractivity contribution in [3.63, 3.8) is 0 Å². The molecule has 1 aliphatic heterocycles. The molecule has 1 saturated heterocycles. The third kappa shape index (κ3) is 3.22. The Bertz CT molecular complexity index is 676. The second-order valence-corrected chi connectivity index (χ2v) is 6.81. The van der Waals surface area contributed by atoms with E-state index in [1.807, 2.05) is 31.2 Å². The standard InChI is InChI=1S/C20H24N2O2/c1-3-24-20(23)19-14(2)8-9-17-12-22(13-18(17)19)11-16-7-5-4-6-15(16)10-21/h4-9,14,17-19H,3,11-13H2,1-2H3/t14-,17-,18-,19-/m0/s1. The van der Waals surface area contributed by atoms with Gasteiger partial charge in [-0.25, -0.2) is 0 Å². The van der Waals surface area contributed by atoms with Gasteiger partial charge in [0.2, 0.25) is 0 Å². The van der Waals surface area contributed by atoms with Crippen LogP contribution in [0.25, 0.3) is 0 Å². The SMILES string of the molecule is CCOC(=O)[C@@H]1[C@H]2CN(Cc3ccccc3C#N)C[C@@H]2C=C[C@@H]1C. The molecule has 1 aromatic carbocycles. The number of hydrogen-bond donors (Lipinski definition) is 0. The molecule has 24 heavy (non-hydrogen) atoms. The van der Waals surface area contributed by atoms with Gasteiger partial charge in [-0.1, -0.05) is 37.3 Å². The number of likely N-dealkylation sites (tertiary alicyclic amines) is 1. The molecule has 4 atom stereocenters. The van der Waals surface area contributed by atoms with E-state index in [2.05, 4.69) is 30.0 Å². The first-order chi connectivity index (χ1) is 11.6. The Hall–Kier alpha value is -2.12. The molecule has 0 radical (unpaired) electrons. The van der Waals surface area contributed by atoms with Gasteiger partial charge in [0.05, 0.1) is 24.2 Å². The van der Waals surface area contributed by atoms with Crippen molar-refractivity contribution in [3.05, 3.63) is 47.5 Å². The van der Waals surface area contributed by atoms with E-state index >= 15 is 0 Å². The number of fused-ring (bicyclic) bond motifs is 1. The minimum atomic E-state index is -0.0661. The fraction of sp³-hybridized carbons (Fsp3) is 0.500. The van der Waals surface area contributed by atoms with Crippen LogP contribution >= 0.6 is 0 Å². The van der Waals surface area contributed by atoms with Gasteiger partial charge in [0.15, 0.2) is 0 Å². The molecule has 4 nitrogen and oxygen atoms in total. The van der Waals surface area contributed by atoms with Gasteiger partial charge in [0.25, 0.3) is 0 Å². The summed E-state index contributed by atoms with van der Waals surface area (Å²) in [6.45, 7) is 6.96. The fourth-order valence-electron chi connectivity index (χ4n) is 4.12. The van der Waals surface area contributed by atoms with Gasteiger partial charge >= 0.3 is 5.97 Å². The molecule has 0 N–H and O–H groups in total. The highest BCUT2D eigenvalue weighted by Gasteiger charge is 2.44. The summed E-state index contributed by atoms with van der Waals surface area (Å²) in [6.07, 6.45) is 4.43. The van der Waals surface area contributed by atoms with E-state index in [1.54, 1.807) is 0 Å². The highest BCUT2D eigenvalue weighted by molar-refractivity contribution is 5.74. The molecule has 1 aromatic rings. The van der Waals surface area contributed by atoms with Crippen molar-refractivity contribution >= 4 is 5.97 Å². The zero-order valence-electron chi connectivity index (χ0n) is 14.3. The Balaban J connectivity index is 1.75. The third-order valence-electron chi connectivity index (χ3n) is 5.27. The molecule has 4 heteroatoms. The molecule has 1 heterocycles. The lowest BCUT2D eigenvalue weighted by Gasteiger charge is -2.32. The predicted molar refractivity (Wildman–Crippen MR) is 91.8 cm³/mol. The number of esters is 1. The smallest absolute Gasteiger partial charge is 0.309 e. The van der Waals surface area contributed by atoms with Gasteiger partial charge in [0, 0.05) is 19.6 Å². The van der Waals surface area contributed by atoms with Crippen LogP contribution in [0.1, 0.15) is 25.0 Å². The summed E-state index contributed by atoms with van der Waals surface area (Å²) in [7, 11) is 0. The zero-order chi connectivity index (χ0) is 17.1. The minimum Gasteiger partial charge on any atom is -0.466 e. The number of benzene rings is 1. The largest absolute Gasteiger partial charge is 0.466 e. The number of allylic oxidation sites excluding steroid dienone is 1. The molecule has 2 aliphatic rings. The number of nitriles is 1. The summed E-state index contributed by atoms with van der Waals surface area (Å²) in [5.74, 6) is 0.791. The number of carbonyl (C=O) groups is 1. The third-order valence-corrected chi connectivity index (χ3v) is 5.27. The van der Waals surface area contributed by atoms with Gasteiger partial charge in [-0.3, -0.25) is 9.69 Å². The molecule has 0 saturated carbocycles. The van der Waals surface area contributed by atoms with Crippen LogP contribution in [-0.4, -0.2) is 30.6 Å². The van der Waals surface area contributed by atoms with E-state index in [9.17, 15) is 10.1 Å². The maximum absolute atomic E-state index is 12.4. The average Bonchev–Trinajstić information content (AvgIpc) is 2.97. The first-order valence-electron chi connectivity index (χ1n) is 8.69. The highest BCUT2D eigenvalue weighted by Crippen LogP contribution is 2.40. The van der Waals surface area contributed by atoms with Gasteiger partial charge < -0.3 is 4.74 Å². The first-order valence-corrected chi connectivity index (χ1v) is 8.69. The number of ether oxygens (including phenoxy) is 1. The van der Waals surface area contributed by atoms with Crippen LogP contribution in [-0.2, 0) is 16.1 Å². The van der Waals surface area contributed by atoms with E-state index in [0.29, 0.717) is 18.4 Å². The first kappa shape index (κ1) is 16.7. The maximum atomic E-state index is 12.4. The van der Waals surface area contributed by atoms with E-state index in [0.717, 1.165) is 30.8 Å². The van der Waals surface area contributed by atoms with Gasteiger partial charge in [-0.15, -0.1) is 0 Å². The van der Waals surface area contributed by atoms with E-state index < -0.39 is 0 Å². The van der Waals surface area contributed by atoms with Crippen LogP contribution in [0, 0.1) is 35.0 Å². The maximum Gasteiger partial charge on any atom is 0.309 e. The van der Waals surface area contributed by atoms with Crippen molar-refractivity contribution in [1.82, 2.24) is 4.90 Å². The molecule has 0 unspecified atom stereocenters. The summed E-state index contributed by atoms with van der Waals surface area (Å²) in [5, 5.41) is 9.27. The van der Waals surface area contributed by atoms with Crippen molar-refractivity contribution in [3.8, 4) is 6.07 Å². The second-order valence-electron chi connectivity index (χ2n) is 6.81. The molecule has 3 rings (SSSR count). The van der Waals surface area contributed by atoms with Crippen LogP contribution in [0.3, 0.4) is 0 Å². The lowest BCUT2D eigenvalue weighted by atomic mass is 9.72. The molecule has 0 bridgehead atoms. The van der Waals surface area contributed by atoms with Crippen LogP contribution in [0.4, 0.5) is 0 Å². The van der Waals surface area contributed by atoms with Crippen LogP contribution < -0.4 is 0 Å². The van der Waals surface area contributed by atoms with E-state index in [4.69, 9.17) is 4.74 Å². The van der Waals surface area contributed by atoms with Crippen molar-refractivity contribution in [2.24, 2.45) is 23.7 Å². The normalized spacial score (nSPS) is 29.0. The van der Waals surface area contributed by atoms with Gasteiger partial charge in [-0.2, -0.15) is 5.26 Å². The van der Waals surface area contributed by atoms with Crippen molar-refractivity contribution < 1.29 is 9.53 Å². The zero-order valence-corrected chi connectivity index (χ0v) is 14.3. The Labute approximate surface area is 143 Å². The molecule has 126 valence electrons. The van der Waals surface area contributed by atoms with Gasteiger partial charge in [0.1, 0.15) is 0 Å². The second kappa shape index (κ2) is 7.19. The van der Waals surface area contributed by atoms with Gasteiger partial charge in [-0.05, 0) is 36.3 Å². The topological polar surface area (TPSA) is 53.3 Å². The fourth-order valence-corrected chi connectivity index (χ4v) is 4.12. The summed E-state index contributed by atoms with van der Waals surface area (Å²) in [6, 6.07) is 10.0. The molecule has 0 amide bonds. The number of carbonyl (C=O) groups excluding carboxylic acids is 1. The monoisotopic (exact) mass is 324 g/mol. The van der Waals surface area contributed by atoms with Crippen LogP contribution in [0.15, 0.2) is 36.4 Å². The van der Waals surface area contributed by atoms with Crippen molar-refractivity contribution in [2.45, 2.75) is 20.4 Å². The Morgan fingerprint density at radius 2 is 2.12 bits per heavy atom. The summed E-state index contributed by atoms with van der Waals surface area (Å²) in [5.41, 5.74) is 1.79. The highest BCUT2D eigenvalue weighted by atomic mass is 16.5. The number of hydrogen-bond acceptors (Lipinski definition) is 4. The summed E-state index contributed by atoms with van der Waals surface area (Å²) < 4.78 is 5.32. The summed E-state index contributed by atoms with van der Waals surface area (Å²) in [4.78, 5) is 14.8. The molecule has 0 spiro atoms. The molecule has 1 aliphatic carbocycles. The number of nitrogens with zero attached hydrogens (tertiary/aromatic N) is 2. The Morgan fingerprint density at radius 1 is 1.33 bits per heavy atom. The Morgan fingerprint density at radius 3 is 2.88 bits per heavy atom. The quantitative estimate of drug-likeness (QED) is 0.631. The lowest BCUT2D eigenvalue weighted by molar-refractivity contribution is -0.152. The molecular formula is C20H24N2O2. The summed E-state index contributed by atoms with van der Waals surface area (Å²) >= 11 is 0. The van der Waals surface area contributed by atoms with Crippen LogP contribution in [0.5, 0.6) is 0 Å². The van der Waals surface area contributed by atoms with E-state index in [-0.39, 0.29) is 17.8 Å². The number of rotatable bonds is 4. The van der Waals surface area contributed by atoms with Crippen molar-refractivity contribution in [1.29, 1.82) is 5.26 Å². The average molecular weight is 324 g/mol. The Kier molecular flexibility index (Phi) is 5.01. The molecule has 1 fully saturated rings. The predicted octanol–water partition coefficient (Wildman–Crippen LogP) is 2.99. The van der Waals surface area contributed by atoms with Crippen LogP contribution in [0.2, 0.25) is 0 Å². The molecule has 0 aromatic heterocycles. The lowest BCUT2D eigenvalue weighted by Crippen LogP contribution is -2.37. The minimum absolute atomic E-state index is 0.0591. The van der Waals surface area contributed by atoms with Crippen molar-refractivity contribution in [2.75, 3.05) is 19.7 Å². The molecular weight excluding hydrogens is 300 g/mol.